The minimum absolute atomic E-state index is 0.206. The summed E-state index contributed by atoms with van der Waals surface area (Å²) in [6.45, 7) is 0.803. The van der Waals surface area contributed by atoms with E-state index in [0.717, 1.165) is 51.8 Å². The van der Waals surface area contributed by atoms with Crippen molar-refractivity contribution < 1.29 is 4.79 Å². The average molecular weight is 388 g/mol. The first-order valence-corrected chi connectivity index (χ1v) is 10.3. The second kappa shape index (κ2) is 6.87. The maximum absolute atomic E-state index is 12.0. The quantitative estimate of drug-likeness (QED) is 0.520. The van der Waals surface area contributed by atoms with Crippen LogP contribution < -0.4 is 4.90 Å². The fourth-order valence-electron chi connectivity index (χ4n) is 3.77. The van der Waals surface area contributed by atoms with Crippen LogP contribution in [0.5, 0.6) is 0 Å². The highest BCUT2D eigenvalue weighted by Gasteiger charge is 2.22. The Labute approximate surface area is 167 Å². The number of carbonyl (C=O) groups is 1. The zero-order valence-corrected chi connectivity index (χ0v) is 16.4. The molecular weight excluding hydrogens is 368 g/mol. The van der Waals surface area contributed by atoms with Crippen LogP contribution in [-0.4, -0.2) is 27.0 Å². The number of nitrogens with zero attached hydrogens (tertiary/aromatic N) is 4. The number of thiazole rings is 1. The Balaban J connectivity index is 1.42. The molecule has 6 heteroatoms. The molecule has 0 atom stereocenters. The van der Waals surface area contributed by atoms with E-state index < -0.39 is 0 Å². The van der Waals surface area contributed by atoms with Gasteiger partial charge >= 0.3 is 0 Å². The van der Waals surface area contributed by atoms with Crippen LogP contribution in [0.15, 0.2) is 53.9 Å². The third kappa shape index (κ3) is 2.99. The summed E-state index contributed by atoms with van der Waals surface area (Å²) in [4.78, 5) is 23.5. The minimum Gasteiger partial charge on any atom is -0.331 e. The van der Waals surface area contributed by atoms with Gasteiger partial charge in [-0.15, -0.1) is 11.3 Å². The third-order valence-corrected chi connectivity index (χ3v) is 6.12. The van der Waals surface area contributed by atoms with Crippen LogP contribution in [0.25, 0.3) is 22.3 Å². The average Bonchev–Trinajstić information content (AvgIpc) is 3.43. The lowest BCUT2D eigenvalue weighted by Gasteiger charge is -2.16. The number of aryl methyl sites for hydroxylation is 1. The molecule has 2 aromatic carbocycles. The monoisotopic (exact) mass is 388 g/mol. The molecule has 1 aliphatic heterocycles. The Bertz CT molecular complexity index is 1180. The van der Waals surface area contributed by atoms with Gasteiger partial charge in [-0.25, -0.2) is 9.97 Å². The fourth-order valence-corrected chi connectivity index (χ4v) is 4.57. The summed E-state index contributed by atoms with van der Waals surface area (Å²) in [6, 6.07) is 16.3. The second-order valence-electron chi connectivity index (χ2n) is 7.08. The van der Waals surface area contributed by atoms with Crippen molar-refractivity contribution in [3.63, 3.8) is 0 Å². The van der Waals surface area contributed by atoms with E-state index in [1.54, 1.807) is 11.3 Å². The molecule has 0 N–H and O–H groups in total. The molecule has 1 saturated heterocycles. The van der Waals surface area contributed by atoms with E-state index in [4.69, 9.17) is 9.97 Å². The summed E-state index contributed by atoms with van der Waals surface area (Å²) in [5, 5.41) is 3.12. The highest BCUT2D eigenvalue weighted by Crippen LogP contribution is 2.29. The van der Waals surface area contributed by atoms with Crippen LogP contribution in [-0.2, 0) is 18.3 Å². The number of imidazole rings is 1. The molecule has 2 aromatic heterocycles. The van der Waals surface area contributed by atoms with Crippen LogP contribution in [0.3, 0.4) is 0 Å². The summed E-state index contributed by atoms with van der Waals surface area (Å²) in [5.74, 6) is 1.22. The highest BCUT2D eigenvalue weighted by atomic mass is 32.1. The standard InChI is InChI=1S/C22H20N4OS/c1-25-19-9-3-2-8-17(19)23-20(25)13-21-24-18(14-28-21)15-6-4-7-16(12-15)26-11-5-10-22(26)27/h2-4,6-9,12,14H,5,10-11,13H2,1H3. The number of anilines is 1. The number of hydrogen-bond acceptors (Lipinski definition) is 4. The number of aromatic nitrogens is 3. The fraction of sp³-hybridized carbons (Fsp3) is 0.227. The molecular formula is C22H20N4OS. The molecule has 0 unspecified atom stereocenters. The van der Waals surface area contributed by atoms with Gasteiger partial charge < -0.3 is 9.47 Å². The molecule has 4 aromatic rings. The Morgan fingerprint density at radius 2 is 2.00 bits per heavy atom. The smallest absolute Gasteiger partial charge is 0.227 e. The number of rotatable bonds is 4. The van der Waals surface area contributed by atoms with Crippen LogP contribution >= 0.6 is 11.3 Å². The second-order valence-corrected chi connectivity index (χ2v) is 8.02. The predicted octanol–water partition coefficient (Wildman–Crippen LogP) is 4.41. The van der Waals surface area contributed by atoms with Crippen LogP contribution in [0.2, 0.25) is 0 Å². The largest absolute Gasteiger partial charge is 0.331 e. The molecule has 5 nitrogen and oxygen atoms in total. The van der Waals surface area contributed by atoms with Gasteiger partial charge in [-0.3, -0.25) is 4.79 Å². The van der Waals surface area contributed by atoms with E-state index in [9.17, 15) is 4.79 Å². The molecule has 1 aliphatic rings. The first-order chi connectivity index (χ1) is 13.7. The van der Waals surface area contributed by atoms with Crippen LogP contribution in [0.4, 0.5) is 5.69 Å². The van der Waals surface area contributed by atoms with Crippen molar-refractivity contribution in [1.29, 1.82) is 0 Å². The van der Waals surface area contributed by atoms with Crippen molar-refractivity contribution in [1.82, 2.24) is 14.5 Å². The molecule has 0 bridgehead atoms. The van der Waals surface area contributed by atoms with Gasteiger partial charge in [0.1, 0.15) is 10.8 Å². The van der Waals surface area contributed by atoms with E-state index in [1.807, 2.05) is 35.2 Å². The molecule has 1 amide bonds. The van der Waals surface area contributed by atoms with Gasteiger partial charge in [-0.2, -0.15) is 0 Å². The zero-order chi connectivity index (χ0) is 19.1. The van der Waals surface area contributed by atoms with Crippen molar-refractivity contribution in [2.45, 2.75) is 19.3 Å². The topological polar surface area (TPSA) is 51.0 Å². The van der Waals surface area contributed by atoms with Crippen LogP contribution in [0, 0.1) is 0 Å². The lowest BCUT2D eigenvalue weighted by molar-refractivity contribution is -0.117. The third-order valence-electron chi connectivity index (χ3n) is 5.27. The van der Waals surface area contributed by atoms with Crippen molar-refractivity contribution >= 4 is 34.0 Å². The molecule has 140 valence electrons. The lowest BCUT2D eigenvalue weighted by atomic mass is 10.1. The van der Waals surface area contributed by atoms with E-state index in [1.165, 1.54) is 0 Å². The van der Waals surface area contributed by atoms with Crippen molar-refractivity contribution in [3.05, 3.63) is 64.7 Å². The Morgan fingerprint density at radius 3 is 2.82 bits per heavy atom. The molecule has 3 heterocycles. The van der Waals surface area contributed by atoms with Gasteiger partial charge in [-0.1, -0.05) is 24.3 Å². The van der Waals surface area contributed by atoms with E-state index in [2.05, 4.69) is 35.2 Å². The minimum atomic E-state index is 0.206. The molecule has 0 saturated carbocycles. The van der Waals surface area contributed by atoms with Crippen molar-refractivity contribution in [3.8, 4) is 11.3 Å². The molecule has 1 fully saturated rings. The van der Waals surface area contributed by atoms with E-state index >= 15 is 0 Å². The first-order valence-electron chi connectivity index (χ1n) is 9.44. The zero-order valence-electron chi connectivity index (χ0n) is 15.6. The number of hydrogen-bond donors (Lipinski definition) is 0. The number of amides is 1. The molecule has 0 spiro atoms. The maximum Gasteiger partial charge on any atom is 0.227 e. The molecule has 28 heavy (non-hydrogen) atoms. The summed E-state index contributed by atoms with van der Waals surface area (Å²) in [5.41, 5.74) is 5.11. The SMILES string of the molecule is Cn1c(Cc2nc(-c3cccc(N4CCCC4=O)c3)cs2)nc2ccccc21. The summed E-state index contributed by atoms with van der Waals surface area (Å²) in [7, 11) is 2.05. The summed E-state index contributed by atoms with van der Waals surface area (Å²) in [6.07, 6.45) is 2.28. The number of para-hydroxylation sites is 2. The summed E-state index contributed by atoms with van der Waals surface area (Å²) >= 11 is 1.65. The number of benzene rings is 2. The molecule has 5 rings (SSSR count). The normalized spacial score (nSPS) is 14.3. The highest BCUT2D eigenvalue weighted by molar-refractivity contribution is 7.10. The van der Waals surface area contributed by atoms with E-state index in [0.29, 0.717) is 12.8 Å². The van der Waals surface area contributed by atoms with Gasteiger partial charge in [0.15, 0.2) is 0 Å². The number of carbonyl (C=O) groups excluding carboxylic acids is 1. The molecule has 0 radical (unpaired) electrons. The van der Waals surface area contributed by atoms with Gasteiger partial charge in [0.25, 0.3) is 0 Å². The van der Waals surface area contributed by atoms with Gasteiger partial charge in [0.05, 0.1) is 23.1 Å². The molecule has 0 aliphatic carbocycles. The predicted molar refractivity (Wildman–Crippen MR) is 113 cm³/mol. The number of fused-ring (bicyclic) bond motifs is 1. The lowest BCUT2D eigenvalue weighted by Crippen LogP contribution is -2.23. The van der Waals surface area contributed by atoms with E-state index in [-0.39, 0.29) is 5.91 Å². The Morgan fingerprint density at radius 1 is 1.11 bits per heavy atom. The summed E-state index contributed by atoms with van der Waals surface area (Å²) < 4.78 is 2.13. The van der Waals surface area contributed by atoms with Gasteiger partial charge in [0, 0.05) is 36.6 Å². The van der Waals surface area contributed by atoms with Crippen molar-refractivity contribution in [2.75, 3.05) is 11.4 Å². The van der Waals surface area contributed by atoms with Crippen molar-refractivity contribution in [2.24, 2.45) is 7.05 Å². The Hall–Kier alpha value is -2.99. The first kappa shape index (κ1) is 17.1. The maximum atomic E-state index is 12.0. The van der Waals surface area contributed by atoms with Gasteiger partial charge in [0.2, 0.25) is 5.91 Å². The Kier molecular flexibility index (Phi) is 4.20. The van der Waals surface area contributed by atoms with Crippen LogP contribution in [0.1, 0.15) is 23.7 Å². The van der Waals surface area contributed by atoms with Gasteiger partial charge in [-0.05, 0) is 30.7 Å².